The molecule has 0 heterocycles. The normalized spacial score (nSPS) is 45.6. The molecule has 3 fully saturated rings. The second-order valence-electron chi connectivity index (χ2n) is 9.27. The fraction of sp³-hybridized carbons (Fsp3) is 0.810. The van der Waals surface area contributed by atoms with Gasteiger partial charge in [-0.1, -0.05) is 19.4 Å². The predicted octanol–water partition coefficient (Wildman–Crippen LogP) is 4.12. The molecule has 4 aliphatic carbocycles. The first kappa shape index (κ1) is 19.1. The predicted molar refractivity (Wildman–Crippen MR) is 99.5 cm³/mol. The van der Waals surface area contributed by atoms with Crippen LogP contribution in [-0.2, 0) is 9.59 Å². The van der Waals surface area contributed by atoms with Gasteiger partial charge in [-0.3, -0.25) is 9.59 Å². The number of rotatable bonds is 2. The first-order valence-electron chi connectivity index (χ1n) is 9.77. The zero-order valence-electron chi connectivity index (χ0n) is 15.4. The largest absolute Gasteiger partial charge is 0.389 e. The van der Waals surface area contributed by atoms with Crippen LogP contribution in [0.5, 0.6) is 0 Å². The molecule has 4 rings (SSSR count). The van der Waals surface area contributed by atoms with Crippen LogP contribution < -0.4 is 0 Å². The molecule has 0 unspecified atom stereocenters. The van der Waals surface area contributed by atoms with E-state index in [1.54, 1.807) is 0 Å². The maximum absolute atomic E-state index is 12.3. The molecule has 0 aliphatic heterocycles. The Balaban J connectivity index is 0.00000182. The minimum atomic E-state index is -0.298. The monoisotopic (exact) mass is 366 g/mol. The Morgan fingerprint density at radius 1 is 1.12 bits per heavy atom. The van der Waals surface area contributed by atoms with E-state index in [1.807, 2.05) is 6.08 Å². The van der Waals surface area contributed by atoms with Gasteiger partial charge in [0.25, 0.3) is 0 Å². The topological polar surface area (TPSA) is 54.4 Å². The highest BCUT2D eigenvalue weighted by Crippen LogP contribution is 2.66. The molecule has 0 aromatic heterocycles. The van der Waals surface area contributed by atoms with Crippen molar-refractivity contribution in [2.45, 2.75) is 65.2 Å². The Morgan fingerprint density at radius 3 is 2.60 bits per heavy atom. The van der Waals surface area contributed by atoms with Gasteiger partial charge in [0.1, 0.15) is 6.61 Å². The van der Waals surface area contributed by atoms with Gasteiger partial charge in [0.2, 0.25) is 0 Å². The van der Waals surface area contributed by atoms with Crippen molar-refractivity contribution in [1.29, 1.82) is 0 Å². The summed E-state index contributed by atoms with van der Waals surface area (Å²) in [5.74, 6) is 2.42. The number of Topliss-reactive ketones (excluding diaryl/α,β-unsaturated/α-hetero) is 1. The summed E-state index contributed by atoms with van der Waals surface area (Å²) in [6, 6.07) is 0. The van der Waals surface area contributed by atoms with E-state index >= 15 is 0 Å². The zero-order chi connectivity index (χ0) is 17.1. The zero-order valence-corrected chi connectivity index (χ0v) is 16.2. The van der Waals surface area contributed by atoms with E-state index in [0.29, 0.717) is 30.0 Å². The van der Waals surface area contributed by atoms with Crippen molar-refractivity contribution in [3.05, 3.63) is 11.6 Å². The van der Waals surface area contributed by atoms with Crippen LogP contribution in [0.3, 0.4) is 0 Å². The van der Waals surface area contributed by atoms with Crippen LogP contribution in [0.2, 0.25) is 0 Å². The highest BCUT2D eigenvalue weighted by Gasteiger charge is 2.59. The van der Waals surface area contributed by atoms with Crippen LogP contribution in [0.15, 0.2) is 11.6 Å². The number of carbonyl (C=O) groups excluding carboxylic acids is 2. The minimum Gasteiger partial charge on any atom is -0.389 e. The molecule has 6 atom stereocenters. The lowest BCUT2D eigenvalue weighted by molar-refractivity contribution is -0.133. The maximum atomic E-state index is 12.3. The van der Waals surface area contributed by atoms with E-state index in [9.17, 15) is 14.7 Å². The van der Waals surface area contributed by atoms with Crippen molar-refractivity contribution in [2.24, 2.45) is 34.5 Å². The van der Waals surface area contributed by atoms with E-state index in [4.69, 9.17) is 0 Å². The summed E-state index contributed by atoms with van der Waals surface area (Å²) in [7, 11) is 0. The smallest absolute Gasteiger partial charge is 0.161 e. The third-order valence-corrected chi connectivity index (χ3v) is 8.51. The number of aliphatic hydroxyl groups excluding tert-OH is 1. The molecule has 0 aromatic carbocycles. The fourth-order valence-electron chi connectivity index (χ4n) is 7.20. The van der Waals surface area contributed by atoms with Crippen LogP contribution in [0, 0.1) is 34.5 Å². The molecule has 3 saturated carbocycles. The molecule has 4 heteroatoms. The van der Waals surface area contributed by atoms with Gasteiger partial charge in [0.15, 0.2) is 11.6 Å². The Labute approximate surface area is 157 Å². The number of hydrogen-bond acceptors (Lipinski definition) is 3. The maximum Gasteiger partial charge on any atom is 0.161 e. The van der Waals surface area contributed by atoms with E-state index in [-0.39, 0.29) is 41.5 Å². The van der Waals surface area contributed by atoms with Crippen LogP contribution in [0.1, 0.15) is 65.2 Å². The number of aliphatic hydroxyl groups is 1. The number of fused-ring (bicyclic) bond motifs is 5. The summed E-state index contributed by atoms with van der Waals surface area (Å²) in [6.45, 7) is 4.42. The molecule has 3 nitrogen and oxygen atoms in total. The number of carbonyl (C=O) groups is 2. The fourth-order valence-corrected chi connectivity index (χ4v) is 7.20. The standard InChI is InChI=1S/C21H30O3.ClH/c1-20-9-7-14(23)11-13(20)3-4-15-16-5-6-18(19(24)12-22)21(16,2)10-8-17(15)20;/h11,15-18,22H,3-10,12H2,1-2H3;1H/t15-,16-,17-,18+,20-,21-;/m0./s1. The molecule has 4 aliphatic rings. The second-order valence-corrected chi connectivity index (χ2v) is 9.27. The Hall–Kier alpha value is -0.670. The van der Waals surface area contributed by atoms with Gasteiger partial charge in [0.05, 0.1) is 0 Å². The summed E-state index contributed by atoms with van der Waals surface area (Å²) in [6.07, 6.45) is 10.3. The highest BCUT2D eigenvalue weighted by atomic mass is 35.5. The van der Waals surface area contributed by atoms with E-state index < -0.39 is 0 Å². The van der Waals surface area contributed by atoms with Crippen LogP contribution >= 0.6 is 12.4 Å². The van der Waals surface area contributed by atoms with Crippen molar-refractivity contribution in [1.82, 2.24) is 0 Å². The van der Waals surface area contributed by atoms with Gasteiger partial charge in [-0.15, -0.1) is 12.4 Å². The van der Waals surface area contributed by atoms with Gasteiger partial charge in [-0.05, 0) is 79.6 Å². The van der Waals surface area contributed by atoms with Gasteiger partial charge < -0.3 is 5.11 Å². The van der Waals surface area contributed by atoms with E-state index in [0.717, 1.165) is 32.1 Å². The molecule has 0 radical (unpaired) electrons. The van der Waals surface area contributed by atoms with Crippen molar-refractivity contribution in [3.8, 4) is 0 Å². The van der Waals surface area contributed by atoms with Crippen LogP contribution in [0.4, 0.5) is 0 Å². The Kier molecular flexibility index (Phi) is 4.96. The number of halogens is 1. The summed E-state index contributed by atoms with van der Waals surface area (Å²) >= 11 is 0. The molecule has 0 aromatic rings. The number of hydrogen-bond donors (Lipinski definition) is 1. The summed E-state index contributed by atoms with van der Waals surface area (Å²) in [5, 5.41) is 9.36. The van der Waals surface area contributed by atoms with Gasteiger partial charge >= 0.3 is 0 Å². The number of ketones is 2. The number of allylic oxidation sites excluding steroid dienone is 1. The van der Waals surface area contributed by atoms with Crippen molar-refractivity contribution >= 4 is 24.0 Å². The lowest BCUT2D eigenvalue weighted by Crippen LogP contribution is -2.51. The molecular weight excluding hydrogens is 336 g/mol. The molecule has 0 spiro atoms. The summed E-state index contributed by atoms with van der Waals surface area (Å²) in [4.78, 5) is 24.1. The molecule has 25 heavy (non-hydrogen) atoms. The average molecular weight is 367 g/mol. The second kappa shape index (κ2) is 6.49. The molecule has 0 bridgehead atoms. The first-order chi connectivity index (χ1) is 11.4. The van der Waals surface area contributed by atoms with Crippen LogP contribution in [-0.4, -0.2) is 23.3 Å². The SMILES string of the molecule is C[C@]12CC[C@H]3[C@@H](CCC4=CC(=O)CC[C@@]43C)[C@@H]1CC[C@@H]2C(=O)CO.Cl. The third kappa shape index (κ3) is 2.65. The molecule has 0 saturated heterocycles. The molecule has 0 amide bonds. The Bertz CT molecular complexity index is 612. The lowest BCUT2D eigenvalue weighted by atomic mass is 9.46. The quantitative estimate of drug-likeness (QED) is 0.799. The first-order valence-corrected chi connectivity index (χ1v) is 9.77. The minimum absolute atomic E-state index is 0. The van der Waals surface area contributed by atoms with Crippen LogP contribution in [0.25, 0.3) is 0 Å². The summed E-state index contributed by atoms with van der Waals surface area (Å²) in [5.41, 5.74) is 1.70. The average Bonchev–Trinajstić information content (AvgIpc) is 2.92. The van der Waals surface area contributed by atoms with Gasteiger partial charge in [0, 0.05) is 12.3 Å². The molecular formula is C21H31ClO3. The highest BCUT2D eigenvalue weighted by molar-refractivity contribution is 5.91. The molecule has 1 N–H and O–H groups in total. The van der Waals surface area contributed by atoms with E-state index in [1.165, 1.54) is 18.4 Å². The van der Waals surface area contributed by atoms with E-state index in [2.05, 4.69) is 13.8 Å². The van der Waals surface area contributed by atoms with Gasteiger partial charge in [-0.2, -0.15) is 0 Å². The third-order valence-electron chi connectivity index (χ3n) is 8.51. The van der Waals surface area contributed by atoms with Gasteiger partial charge in [-0.25, -0.2) is 0 Å². The lowest BCUT2D eigenvalue weighted by Gasteiger charge is -2.58. The van der Waals surface area contributed by atoms with Crippen molar-refractivity contribution in [3.63, 3.8) is 0 Å². The van der Waals surface area contributed by atoms with Crippen molar-refractivity contribution < 1.29 is 14.7 Å². The molecule has 140 valence electrons. The summed E-state index contributed by atoms with van der Waals surface area (Å²) < 4.78 is 0. The van der Waals surface area contributed by atoms with Crippen molar-refractivity contribution in [2.75, 3.05) is 6.61 Å². The Morgan fingerprint density at radius 2 is 1.88 bits per heavy atom.